The molecular formula is C15H14ClN3O2S. The molecule has 0 unspecified atom stereocenters. The number of rotatable bonds is 5. The average molecular weight is 336 g/mol. The van der Waals surface area contributed by atoms with Crippen molar-refractivity contribution in [3.63, 3.8) is 0 Å². The van der Waals surface area contributed by atoms with Crippen LogP contribution < -0.4 is 16.6 Å². The molecule has 1 heterocycles. The lowest BCUT2D eigenvalue weighted by atomic mass is 10.2. The fraction of sp³-hybridized carbons (Fsp3) is 0.133. The van der Waals surface area contributed by atoms with Gasteiger partial charge in [-0.25, -0.2) is 0 Å². The fourth-order valence-electron chi connectivity index (χ4n) is 1.87. The summed E-state index contributed by atoms with van der Waals surface area (Å²) in [5.74, 6) is -0.216. The number of thiocarbonyl (C=S) groups is 1. The highest BCUT2D eigenvalue weighted by atomic mass is 35.5. The van der Waals surface area contributed by atoms with Crippen LogP contribution in [0.1, 0.15) is 12.0 Å². The van der Waals surface area contributed by atoms with Gasteiger partial charge in [-0.1, -0.05) is 36.0 Å². The minimum Gasteiger partial charge on any atom is -0.389 e. The van der Waals surface area contributed by atoms with Crippen molar-refractivity contribution >= 4 is 40.4 Å². The highest BCUT2D eigenvalue weighted by molar-refractivity contribution is 7.80. The second kappa shape index (κ2) is 7.20. The number of halogens is 1. The topological polar surface area (TPSA) is 77.1 Å². The van der Waals surface area contributed by atoms with Crippen molar-refractivity contribution < 1.29 is 4.79 Å². The number of nitrogens with zero attached hydrogens (tertiary/aromatic N) is 1. The number of carbonyl (C=O) groups is 1. The van der Waals surface area contributed by atoms with Crippen LogP contribution in [0.25, 0.3) is 0 Å². The summed E-state index contributed by atoms with van der Waals surface area (Å²) in [6, 6.07) is 9.85. The Kier molecular flexibility index (Phi) is 5.30. The number of aromatic nitrogens is 1. The second-order valence-electron chi connectivity index (χ2n) is 4.62. The predicted octanol–water partition coefficient (Wildman–Crippen LogP) is 2.16. The summed E-state index contributed by atoms with van der Waals surface area (Å²) in [4.78, 5) is 23.8. The van der Waals surface area contributed by atoms with Crippen LogP contribution in [0, 0.1) is 0 Å². The van der Waals surface area contributed by atoms with Crippen molar-refractivity contribution in [3.05, 3.63) is 63.5 Å². The third kappa shape index (κ3) is 4.41. The largest absolute Gasteiger partial charge is 0.389 e. The van der Waals surface area contributed by atoms with E-state index in [-0.39, 0.29) is 29.4 Å². The molecule has 114 valence electrons. The molecule has 0 aliphatic carbocycles. The maximum Gasteiger partial charge on any atom is 0.250 e. The fourth-order valence-corrected chi connectivity index (χ4v) is 2.18. The Balaban J connectivity index is 1.98. The first-order chi connectivity index (χ1) is 10.5. The lowest BCUT2D eigenvalue weighted by Crippen LogP contribution is -2.22. The molecule has 1 aromatic carbocycles. The highest BCUT2D eigenvalue weighted by Gasteiger charge is 2.05. The van der Waals surface area contributed by atoms with E-state index in [0.717, 1.165) is 0 Å². The van der Waals surface area contributed by atoms with Gasteiger partial charge in [0.05, 0.1) is 5.02 Å². The van der Waals surface area contributed by atoms with E-state index in [2.05, 4.69) is 5.32 Å². The molecule has 0 aliphatic heterocycles. The molecular weight excluding hydrogens is 322 g/mol. The van der Waals surface area contributed by atoms with Crippen molar-refractivity contribution in [2.24, 2.45) is 5.73 Å². The third-order valence-electron chi connectivity index (χ3n) is 2.96. The second-order valence-corrected chi connectivity index (χ2v) is 5.50. The maximum atomic E-state index is 11.9. The molecule has 1 aromatic heterocycles. The van der Waals surface area contributed by atoms with Gasteiger partial charge < -0.3 is 15.6 Å². The Morgan fingerprint density at radius 3 is 2.82 bits per heavy atom. The van der Waals surface area contributed by atoms with Crippen LogP contribution in [-0.2, 0) is 11.3 Å². The number of hydrogen-bond acceptors (Lipinski definition) is 3. The smallest absolute Gasteiger partial charge is 0.250 e. The van der Waals surface area contributed by atoms with Crippen LogP contribution in [0.3, 0.4) is 0 Å². The van der Waals surface area contributed by atoms with Crippen LogP contribution >= 0.6 is 23.8 Å². The number of nitrogens with one attached hydrogen (secondary N) is 1. The first-order valence-corrected chi connectivity index (χ1v) is 7.30. The monoisotopic (exact) mass is 335 g/mol. The highest BCUT2D eigenvalue weighted by Crippen LogP contribution is 2.11. The van der Waals surface area contributed by atoms with E-state index in [9.17, 15) is 9.59 Å². The van der Waals surface area contributed by atoms with Crippen molar-refractivity contribution in [2.45, 2.75) is 13.0 Å². The van der Waals surface area contributed by atoms with E-state index < -0.39 is 0 Å². The van der Waals surface area contributed by atoms with Crippen LogP contribution in [0.4, 0.5) is 5.69 Å². The number of anilines is 1. The molecule has 0 atom stereocenters. The molecule has 0 radical (unpaired) electrons. The van der Waals surface area contributed by atoms with Gasteiger partial charge in [0.1, 0.15) is 4.99 Å². The SMILES string of the molecule is NC(=S)c1cccc(NC(=O)CCn2cc(Cl)ccc2=O)c1. The van der Waals surface area contributed by atoms with Crippen molar-refractivity contribution in [1.29, 1.82) is 0 Å². The number of amides is 1. The lowest BCUT2D eigenvalue weighted by Gasteiger charge is -2.08. The Hall–Kier alpha value is -2.18. The number of carbonyl (C=O) groups excluding carboxylic acids is 1. The van der Waals surface area contributed by atoms with Gasteiger partial charge in [-0.2, -0.15) is 0 Å². The Morgan fingerprint density at radius 1 is 1.32 bits per heavy atom. The Bertz CT molecular complexity index is 773. The summed E-state index contributed by atoms with van der Waals surface area (Å²) in [7, 11) is 0. The van der Waals surface area contributed by atoms with E-state index in [0.29, 0.717) is 16.3 Å². The van der Waals surface area contributed by atoms with E-state index in [1.807, 2.05) is 0 Å². The van der Waals surface area contributed by atoms with E-state index >= 15 is 0 Å². The number of benzene rings is 1. The van der Waals surface area contributed by atoms with Gasteiger partial charge in [0, 0.05) is 36.5 Å². The summed E-state index contributed by atoms with van der Waals surface area (Å²) in [5, 5.41) is 3.19. The first-order valence-electron chi connectivity index (χ1n) is 6.51. The summed E-state index contributed by atoms with van der Waals surface area (Å²) in [5.41, 5.74) is 6.63. The quantitative estimate of drug-likeness (QED) is 0.821. The first kappa shape index (κ1) is 16.2. The van der Waals surface area contributed by atoms with Crippen LogP contribution in [0.5, 0.6) is 0 Å². The number of aryl methyl sites for hydroxylation is 1. The minimum absolute atomic E-state index is 0.150. The van der Waals surface area contributed by atoms with Crippen molar-refractivity contribution in [1.82, 2.24) is 4.57 Å². The molecule has 0 spiro atoms. The molecule has 7 heteroatoms. The standard InChI is InChI=1S/C15H14ClN3O2S/c16-11-4-5-14(21)19(9-11)7-6-13(20)18-12-3-1-2-10(8-12)15(17)22/h1-5,8-9H,6-7H2,(H2,17,22)(H,18,20). The van der Waals surface area contributed by atoms with Gasteiger partial charge in [-0.05, 0) is 18.2 Å². The summed E-state index contributed by atoms with van der Waals surface area (Å²) < 4.78 is 1.40. The number of pyridine rings is 1. The van der Waals surface area contributed by atoms with Gasteiger partial charge in [0.15, 0.2) is 0 Å². The molecule has 3 N–H and O–H groups in total. The van der Waals surface area contributed by atoms with Gasteiger partial charge >= 0.3 is 0 Å². The van der Waals surface area contributed by atoms with E-state index in [1.54, 1.807) is 24.3 Å². The summed E-state index contributed by atoms with van der Waals surface area (Å²) >= 11 is 10.7. The Morgan fingerprint density at radius 2 is 2.09 bits per heavy atom. The van der Waals surface area contributed by atoms with Crippen LogP contribution in [-0.4, -0.2) is 15.5 Å². The number of nitrogens with two attached hydrogens (primary N) is 1. The summed E-state index contributed by atoms with van der Waals surface area (Å²) in [6.45, 7) is 0.250. The normalized spacial score (nSPS) is 10.2. The van der Waals surface area contributed by atoms with Gasteiger partial charge in [-0.15, -0.1) is 0 Å². The lowest BCUT2D eigenvalue weighted by molar-refractivity contribution is -0.116. The molecule has 2 rings (SSSR count). The van der Waals surface area contributed by atoms with Crippen molar-refractivity contribution in [3.8, 4) is 0 Å². The van der Waals surface area contributed by atoms with Crippen LogP contribution in [0.15, 0.2) is 47.4 Å². The zero-order chi connectivity index (χ0) is 16.1. The maximum absolute atomic E-state index is 11.9. The van der Waals surface area contributed by atoms with Gasteiger partial charge in [0.25, 0.3) is 5.56 Å². The molecule has 0 aliphatic rings. The molecule has 2 aromatic rings. The average Bonchev–Trinajstić information content (AvgIpc) is 2.48. The molecule has 0 bridgehead atoms. The minimum atomic E-state index is -0.216. The zero-order valence-electron chi connectivity index (χ0n) is 11.6. The molecule has 0 saturated carbocycles. The van der Waals surface area contributed by atoms with Crippen molar-refractivity contribution in [2.75, 3.05) is 5.32 Å². The molecule has 0 fully saturated rings. The predicted molar refractivity (Wildman–Crippen MR) is 91.3 cm³/mol. The molecule has 0 saturated heterocycles. The number of hydrogen-bond donors (Lipinski definition) is 2. The Labute approximate surface area is 137 Å². The molecule has 5 nitrogen and oxygen atoms in total. The molecule has 22 heavy (non-hydrogen) atoms. The van der Waals surface area contributed by atoms with Crippen LogP contribution in [0.2, 0.25) is 5.02 Å². The van der Waals surface area contributed by atoms with E-state index in [1.165, 1.54) is 22.9 Å². The zero-order valence-corrected chi connectivity index (χ0v) is 13.2. The van der Waals surface area contributed by atoms with E-state index in [4.69, 9.17) is 29.6 Å². The molecule has 1 amide bonds. The third-order valence-corrected chi connectivity index (χ3v) is 3.42. The van der Waals surface area contributed by atoms with Gasteiger partial charge in [0.2, 0.25) is 5.91 Å². The van der Waals surface area contributed by atoms with Gasteiger partial charge in [-0.3, -0.25) is 9.59 Å². The summed E-state index contributed by atoms with van der Waals surface area (Å²) in [6.07, 6.45) is 1.65.